The van der Waals surface area contributed by atoms with E-state index in [1.165, 1.54) is 25.8 Å². The normalized spacial score (nSPS) is 29.1. The Kier molecular flexibility index (Phi) is 3.79. The van der Waals surface area contributed by atoms with Crippen molar-refractivity contribution in [2.75, 3.05) is 39.8 Å². The molecule has 2 aliphatic rings. The van der Waals surface area contributed by atoms with E-state index < -0.39 is 0 Å². The fourth-order valence-corrected chi connectivity index (χ4v) is 2.28. The Bertz CT molecular complexity index is 165. The Hall–Kier alpha value is -0.120. The van der Waals surface area contributed by atoms with E-state index in [1.54, 1.807) is 0 Å². The first-order chi connectivity index (χ1) is 6.84. The quantitative estimate of drug-likeness (QED) is 0.720. The Morgan fingerprint density at radius 2 is 2.21 bits per heavy atom. The monoisotopic (exact) mass is 198 g/mol. The van der Waals surface area contributed by atoms with Crippen LogP contribution in [0.25, 0.3) is 0 Å². The molecule has 1 atom stereocenters. The first-order valence-electron chi connectivity index (χ1n) is 5.85. The molecule has 0 spiro atoms. The fraction of sp³-hybridized carbons (Fsp3) is 1.00. The van der Waals surface area contributed by atoms with Crippen molar-refractivity contribution >= 4 is 0 Å². The van der Waals surface area contributed by atoms with Gasteiger partial charge in [0.25, 0.3) is 0 Å². The van der Waals surface area contributed by atoms with E-state index in [2.05, 4.69) is 17.3 Å². The molecule has 1 saturated carbocycles. The molecule has 0 aromatic rings. The Balaban J connectivity index is 1.62. The van der Waals surface area contributed by atoms with Crippen LogP contribution in [0.5, 0.6) is 0 Å². The van der Waals surface area contributed by atoms with E-state index in [9.17, 15) is 0 Å². The zero-order valence-corrected chi connectivity index (χ0v) is 9.17. The maximum absolute atomic E-state index is 5.68. The molecule has 1 heterocycles. The molecule has 1 saturated heterocycles. The van der Waals surface area contributed by atoms with Crippen LogP contribution in [-0.2, 0) is 4.74 Å². The number of hydrogen-bond donors (Lipinski definition) is 1. The third-order valence-corrected chi connectivity index (χ3v) is 3.31. The lowest BCUT2D eigenvalue weighted by Gasteiger charge is -2.33. The van der Waals surface area contributed by atoms with Crippen molar-refractivity contribution in [3.63, 3.8) is 0 Å². The number of nitrogens with zero attached hydrogens (tertiary/aromatic N) is 1. The van der Waals surface area contributed by atoms with Crippen LogP contribution in [0.4, 0.5) is 0 Å². The molecule has 2 rings (SSSR count). The maximum atomic E-state index is 5.68. The molecule has 1 aliphatic heterocycles. The van der Waals surface area contributed by atoms with Gasteiger partial charge in [-0.3, -0.25) is 0 Å². The largest absolute Gasteiger partial charge is 0.374 e. The highest BCUT2D eigenvalue weighted by Gasteiger charge is 2.21. The summed E-state index contributed by atoms with van der Waals surface area (Å²) in [6.45, 7) is 5.27. The second-order valence-corrected chi connectivity index (χ2v) is 4.72. The standard InChI is InChI=1S/C11H22N2O/c1-13(8-10-3-2-4-10)9-11-7-12-5-6-14-11/h10-12H,2-9H2,1H3. The van der Waals surface area contributed by atoms with Gasteiger partial charge < -0.3 is 15.0 Å². The molecule has 1 N–H and O–H groups in total. The first kappa shape index (κ1) is 10.4. The van der Waals surface area contributed by atoms with Crippen molar-refractivity contribution in [1.82, 2.24) is 10.2 Å². The molecule has 0 aromatic heterocycles. The smallest absolute Gasteiger partial charge is 0.0826 e. The minimum atomic E-state index is 0.411. The molecule has 0 radical (unpaired) electrons. The molecule has 82 valence electrons. The topological polar surface area (TPSA) is 24.5 Å². The highest BCUT2D eigenvalue weighted by atomic mass is 16.5. The number of likely N-dealkylation sites (N-methyl/N-ethyl adjacent to an activating group) is 1. The number of ether oxygens (including phenoxy) is 1. The van der Waals surface area contributed by atoms with Crippen LogP contribution in [0.3, 0.4) is 0 Å². The summed E-state index contributed by atoms with van der Waals surface area (Å²) < 4.78 is 5.68. The fourth-order valence-electron chi connectivity index (χ4n) is 2.28. The van der Waals surface area contributed by atoms with Crippen LogP contribution < -0.4 is 5.32 Å². The van der Waals surface area contributed by atoms with E-state index in [-0.39, 0.29) is 0 Å². The lowest BCUT2D eigenvalue weighted by atomic mass is 9.85. The van der Waals surface area contributed by atoms with Crippen LogP contribution in [0.1, 0.15) is 19.3 Å². The van der Waals surface area contributed by atoms with Crippen LogP contribution in [0.2, 0.25) is 0 Å². The van der Waals surface area contributed by atoms with Crippen LogP contribution >= 0.6 is 0 Å². The van der Waals surface area contributed by atoms with Crippen LogP contribution in [0, 0.1) is 5.92 Å². The molecule has 0 bridgehead atoms. The summed E-state index contributed by atoms with van der Waals surface area (Å²) in [4.78, 5) is 2.43. The molecule has 1 unspecified atom stereocenters. The van der Waals surface area contributed by atoms with E-state index in [0.29, 0.717) is 6.10 Å². The van der Waals surface area contributed by atoms with Crippen LogP contribution in [0.15, 0.2) is 0 Å². The second-order valence-electron chi connectivity index (χ2n) is 4.72. The van der Waals surface area contributed by atoms with Gasteiger partial charge >= 0.3 is 0 Å². The molecule has 0 amide bonds. The van der Waals surface area contributed by atoms with E-state index in [0.717, 1.165) is 32.2 Å². The third kappa shape index (κ3) is 2.94. The van der Waals surface area contributed by atoms with E-state index in [4.69, 9.17) is 4.74 Å². The summed E-state index contributed by atoms with van der Waals surface area (Å²) in [6, 6.07) is 0. The zero-order valence-electron chi connectivity index (χ0n) is 9.17. The van der Waals surface area contributed by atoms with Crippen molar-refractivity contribution in [3.8, 4) is 0 Å². The lowest BCUT2D eigenvalue weighted by Crippen LogP contribution is -2.45. The highest BCUT2D eigenvalue weighted by molar-refractivity contribution is 4.75. The molecule has 0 aromatic carbocycles. The molecule has 3 heteroatoms. The average Bonchev–Trinajstić information content (AvgIpc) is 2.13. The van der Waals surface area contributed by atoms with Gasteiger partial charge in [0, 0.05) is 26.2 Å². The Morgan fingerprint density at radius 1 is 1.36 bits per heavy atom. The molecule has 3 nitrogen and oxygen atoms in total. The number of hydrogen-bond acceptors (Lipinski definition) is 3. The van der Waals surface area contributed by atoms with Crippen molar-refractivity contribution in [2.24, 2.45) is 5.92 Å². The molecule has 1 aliphatic carbocycles. The van der Waals surface area contributed by atoms with Crippen molar-refractivity contribution in [3.05, 3.63) is 0 Å². The van der Waals surface area contributed by atoms with Crippen molar-refractivity contribution in [2.45, 2.75) is 25.4 Å². The lowest BCUT2D eigenvalue weighted by molar-refractivity contribution is 0.00578. The van der Waals surface area contributed by atoms with Gasteiger partial charge in [0.05, 0.1) is 12.7 Å². The van der Waals surface area contributed by atoms with Gasteiger partial charge in [0.1, 0.15) is 0 Å². The SMILES string of the molecule is CN(CC1CCC1)CC1CNCCO1. The van der Waals surface area contributed by atoms with E-state index >= 15 is 0 Å². The molecule has 14 heavy (non-hydrogen) atoms. The number of rotatable bonds is 4. The zero-order chi connectivity index (χ0) is 9.80. The molecular weight excluding hydrogens is 176 g/mol. The van der Waals surface area contributed by atoms with Gasteiger partial charge in [-0.15, -0.1) is 0 Å². The average molecular weight is 198 g/mol. The van der Waals surface area contributed by atoms with E-state index in [1.807, 2.05) is 0 Å². The summed E-state index contributed by atoms with van der Waals surface area (Å²) in [7, 11) is 2.22. The summed E-state index contributed by atoms with van der Waals surface area (Å²) >= 11 is 0. The first-order valence-corrected chi connectivity index (χ1v) is 5.85. The Morgan fingerprint density at radius 3 is 2.79 bits per heavy atom. The summed E-state index contributed by atoms with van der Waals surface area (Å²) in [6.07, 6.45) is 4.73. The third-order valence-electron chi connectivity index (χ3n) is 3.31. The minimum Gasteiger partial charge on any atom is -0.374 e. The van der Waals surface area contributed by atoms with Crippen molar-refractivity contribution < 1.29 is 4.74 Å². The van der Waals surface area contributed by atoms with Gasteiger partial charge in [-0.1, -0.05) is 6.42 Å². The van der Waals surface area contributed by atoms with Gasteiger partial charge in [0.2, 0.25) is 0 Å². The molecular formula is C11H22N2O. The molecule has 2 fully saturated rings. The predicted molar refractivity (Wildman–Crippen MR) is 57.4 cm³/mol. The van der Waals surface area contributed by atoms with Gasteiger partial charge in [-0.05, 0) is 25.8 Å². The van der Waals surface area contributed by atoms with Crippen LogP contribution in [-0.4, -0.2) is 50.8 Å². The Labute approximate surface area is 86.8 Å². The minimum absolute atomic E-state index is 0.411. The van der Waals surface area contributed by atoms with Gasteiger partial charge in [-0.2, -0.15) is 0 Å². The second kappa shape index (κ2) is 5.10. The predicted octanol–water partition coefficient (Wildman–Crippen LogP) is 0.707. The summed E-state index contributed by atoms with van der Waals surface area (Å²) in [5.41, 5.74) is 0. The van der Waals surface area contributed by atoms with Gasteiger partial charge in [-0.25, -0.2) is 0 Å². The number of nitrogens with one attached hydrogen (secondary N) is 1. The van der Waals surface area contributed by atoms with Gasteiger partial charge in [0.15, 0.2) is 0 Å². The van der Waals surface area contributed by atoms with Crippen molar-refractivity contribution in [1.29, 1.82) is 0 Å². The number of morpholine rings is 1. The highest BCUT2D eigenvalue weighted by Crippen LogP contribution is 2.26. The summed E-state index contributed by atoms with van der Waals surface area (Å²) in [5, 5.41) is 3.37. The summed E-state index contributed by atoms with van der Waals surface area (Å²) in [5.74, 6) is 0.969. The maximum Gasteiger partial charge on any atom is 0.0826 e.